The summed E-state index contributed by atoms with van der Waals surface area (Å²) in [6.07, 6.45) is 1.08. The molecule has 3 rings (SSSR count). The number of nitrogens with one attached hydrogen (secondary N) is 1. The minimum atomic E-state index is 0.836. The van der Waals surface area contributed by atoms with E-state index in [1.165, 1.54) is 16.8 Å². The van der Waals surface area contributed by atoms with Gasteiger partial charge in [0, 0.05) is 25.3 Å². The fourth-order valence-electron chi connectivity index (χ4n) is 2.76. The monoisotopic (exact) mass is 296 g/mol. The summed E-state index contributed by atoms with van der Waals surface area (Å²) in [6, 6.07) is 19.5. The number of rotatable bonds is 6. The number of nitrogens with zero attached hydrogens (tertiary/aromatic N) is 1. The Hall–Kier alpha value is -1.84. The molecule has 3 heteroatoms. The van der Waals surface area contributed by atoms with Crippen molar-refractivity contribution < 1.29 is 4.74 Å². The lowest BCUT2D eigenvalue weighted by Gasteiger charge is -2.28. The van der Waals surface area contributed by atoms with Gasteiger partial charge in [-0.25, -0.2) is 0 Å². The molecular formula is C19H24N2O. The Labute approximate surface area is 132 Å². The summed E-state index contributed by atoms with van der Waals surface area (Å²) in [5.74, 6) is 0. The Morgan fingerprint density at radius 1 is 0.864 bits per heavy atom. The average Bonchev–Trinajstić information content (AvgIpc) is 2.61. The van der Waals surface area contributed by atoms with Crippen LogP contribution in [0.1, 0.15) is 11.1 Å². The van der Waals surface area contributed by atoms with Crippen LogP contribution in [-0.4, -0.2) is 32.8 Å². The lowest BCUT2D eigenvalue weighted by Crippen LogP contribution is -2.36. The maximum Gasteiger partial charge on any atom is 0.0642 e. The van der Waals surface area contributed by atoms with Crippen LogP contribution < -0.4 is 10.2 Å². The van der Waals surface area contributed by atoms with Crippen LogP contribution in [0.25, 0.3) is 0 Å². The van der Waals surface area contributed by atoms with E-state index in [1.54, 1.807) is 0 Å². The zero-order valence-corrected chi connectivity index (χ0v) is 13.0. The van der Waals surface area contributed by atoms with E-state index in [1.807, 2.05) is 0 Å². The van der Waals surface area contributed by atoms with Gasteiger partial charge in [0.15, 0.2) is 0 Å². The van der Waals surface area contributed by atoms with Crippen molar-refractivity contribution in [1.29, 1.82) is 0 Å². The predicted molar refractivity (Wildman–Crippen MR) is 91.3 cm³/mol. The van der Waals surface area contributed by atoms with Gasteiger partial charge in [-0.15, -0.1) is 0 Å². The number of ether oxygens (including phenoxy) is 1. The molecule has 0 spiro atoms. The van der Waals surface area contributed by atoms with Gasteiger partial charge in [0.2, 0.25) is 0 Å². The van der Waals surface area contributed by atoms with Crippen LogP contribution >= 0.6 is 0 Å². The van der Waals surface area contributed by atoms with Crippen LogP contribution in [0.3, 0.4) is 0 Å². The third kappa shape index (κ3) is 4.33. The Balaban J connectivity index is 1.43. The van der Waals surface area contributed by atoms with Crippen molar-refractivity contribution in [3.63, 3.8) is 0 Å². The van der Waals surface area contributed by atoms with Gasteiger partial charge in [-0.2, -0.15) is 0 Å². The van der Waals surface area contributed by atoms with Crippen molar-refractivity contribution in [1.82, 2.24) is 5.32 Å². The molecule has 2 aromatic carbocycles. The van der Waals surface area contributed by atoms with Gasteiger partial charge >= 0.3 is 0 Å². The Bertz CT molecular complexity index is 547. The molecule has 0 aliphatic carbocycles. The van der Waals surface area contributed by atoms with Crippen molar-refractivity contribution in [3.8, 4) is 0 Å². The summed E-state index contributed by atoms with van der Waals surface area (Å²) in [7, 11) is 0. The molecule has 0 atom stereocenters. The fourth-order valence-corrected chi connectivity index (χ4v) is 2.76. The lowest BCUT2D eigenvalue weighted by atomic mass is 10.1. The Kier molecular flexibility index (Phi) is 5.46. The number of hydrogen-bond donors (Lipinski definition) is 1. The minimum Gasteiger partial charge on any atom is -0.378 e. The molecule has 2 aromatic rings. The van der Waals surface area contributed by atoms with Crippen molar-refractivity contribution in [2.24, 2.45) is 0 Å². The van der Waals surface area contributed by atoms with Gasteiger partial charge in [0.1, 0.15) is 0 Å². The molecule has 1 heterocycles. The summed E-state index contributed by atoms with van der Waals surface area (Å²) < 4.78 is 5.40. The van der Waals surface area contributed by atoms with Gasteiger partial charge in [-0.05, 0) is 36.2 Å². The molecule has 0 bridgehead atoms. The Morgan fingerprint density at radius 3 is 2.32 bits per heavy atom. The first-order chi connectivity index (χ1) is 10.9. The standard InChI is InChI=1S/C19H24N2O/c1-2-4-17(5-3-1)10-11-20-16-18-6-8-19(9-7-18)21-12-14-22-15-13-21/h1-9,20H,10-16H2. The smallest absolute Gasteiger partial charge is 0.0642 e. The van der Waals surface area contributed by atoms with Crippen molar-refractivity contribution in [2.75, 3.05) is 37.7 Å². The molecule has 116 valence electrons. The average molecular weight is 296 g/mol. The maximum absolute atomic E-state index is 5.40. The predicted octanol–water partition coefficient (Wildman–Crippen LogP) is 2.86. The van der Waals surface area contributed by atoms with Gasteiger partial charge in [-0.1, -0.05) is 42.5 Å². The van der Waals surface area contributed by atoms with E-state index in [4.69, 9.17) is 4.74 Å². The Morgan fingerprint density at radius 2 is 1.59 bits per heavy atom. The molecule has 1 saturated heterocycles. The van der Waals surface area contributed by atoms with Crippen LogP contribution in [0.4, 0.5) is 5.69 Å². The third-order valence-corrected chi connectivity index (χ3v) is 4.07. The van der Waals surface area contributed by atoms with Crippen LogP contribution in [0, 0.1) is 0 Å². The molecule has 3 nitrogen and oxygen atoms in total. The summed E-state index contributed by atoms with van der Waals surface area (Å²) in [4.78, 5) is 2.39. The van der Waals surface area contributed by atoms with E-state index in [9.17, 15) is 0 Å². The molecular weight excluding hydrogens is 272 g/mol. The molecule has 22 heavy (non-hydrogen) atoms. The first-order valence-corrected chi connectivity index (χ1v) is 8.08. The van der Waals surface area contributed by atoms with Crippen LogP contribution in [0.2, 0.25) is 0 Å². The second-order valence-electron chi connectivity index (χ2n) is 5.68. The van der Waals surface area contributed by atoms with Gasteiger partial charge < -0.3 is 15.0 Å². The number of morpholine rings is 1. The highest BCUT2D eigenvalue weighted by Gasteiger charge is 2.10. The van der Waals surface area contributed by atoms with Gasteiger partial charge in [0.25, 0.3) is 0 Å². The largest absolute Gasteiger partial charge is 0.378 e. The second-order valence-corrected chi connectivity index (χ2v) is 5.68. The highest BCUT2D eigenvalue weighted by molar-refractivity contribution is 5.47. The number of benzene rings is 2. The minimum absolute atomic E-state index is 0.836. The van der Waals surface area contributed by atoms with Crippen LogP contribution in [0.15, 0.2) is 54.6 Å². The van der Waals surface area contributed by atoms with Crippen molar-refractivity contribution in [2.45, 2.75) is 13.0 Å². The zero-order chi connectivity index (χ0) is 15.0. The maximum atomic E-state index is 5.40. The van der Waals surface area contributed by atoms with E-state index in [-0.39, 0.29) is 0 Å². The molecule has 1 fully saturated rings. The molecule has 1 N–H and O–H groups in total. The topological polar surface area (TPSA) is 24.5 Å². The van der Waals surface area contributed by atoms with E-state index < -0.39 is 0 Å². The zero-order valence-electron chi connectivity index (χ0n) is 13.0. The summed E-state index contributed by atoms with van der Waals surface area (Å²) in [5.41, 5.74) is 4.03. The summed E-state index contributed by atoms with van der Waals surface area (Å²) in [6.45, 7) is 5.60. The molecule has 0 aromatic heterocycles. The second kappa shape index (κ2) is 7.97. The molecule has 1 aliphatic rings. The summed E-state index contributed by atoms with van der Waals surface area (Å²) in [5, 5.41) is 3.52. The van der Waals surface area contributed by atoms with Crippen LogP contribution in [-0.2, 0) is 17.7 Å². The van der Waals surface area contributed by atoms with E-state index in [2.05, 4.69) is 64.8 Å². The molecule has 1 aliphatic heterocycles. The van der Waals surface area contributed by atoms with Crippen molar-refractivity contribution in [3.05, 3.63) is 65.7 Å². The van der Waals surface area contributed by atoms with E-state index in [0.717, 1.165) is 45.8 Å². The lowest BCUT2D eigenvalue weighted by molar-refractivity contribution is 0.122. The first-order valence-electron chi connectivity index (χ1n) is 8.08. The highest BCUT2D eigenvalue weighted by Crippen LogP contribution is 2.16. The number of hydrogen-bond acceptors (Lipinski definition) is 3. The quantitative estimate of drug-likeness (QED) is 0.830. The van der Waals surface area contributed by atoms with E-state index in [0.29, 0.717) is 0 Å². The number of anilines is 1. The molecule has 0 unspecified atom stereocenters. The van der Waals surface area contributed by atoms with Crippen molar-refractivity contribution >= 4 is 5.69 Å². The third-order valence-electron chi connectivity index (χ3n) is 4.07. The SMILES string of the molecule is c1ccc(CCNCc2ccc(N3CCOCC3)cc2)cc1. The molecule has 0 amide bonds. The fraction of sp³-hybridized carbons (Fsp3) is 0.368. The normalized spacial score (nSPS) is 15.0. The van der Waals surface area contributed by atoms with Gasteiger partial charge in [-0.3, -0.25) is 0 Å². The van der Waals surface area contributed by atoms with Crippen LogP contribution in [0.5, 0.6) is 0 Å². The molecule has 0 radical (unpaired) electrons. The molecule has 0 saturated carbocycles. The summed E-state index contributed by atoms with van der Waals surface area (Å²) >= 11 is 0. The van der Waals surface area contributed by atoms with E-state index >= 15 is 0 Å². The van der Waals surface area contributed by atoms with Gasteiger partial charge in [0.05, 0.1) is 13.2 Å². The highest BCUT2D eigenvalue weighted by atomic mass is 16.5. The first kappa shape index (κ1) is 15.1.